The van der Waals surface area contributed by atoms with Gasteiger partial charge in [0.25, 0.3) is 11.8 Å². The van der Waals surface area contributed by atoms with Crippen LogP contribution >= 0.6 is 0 Å². The average molecular weight is 340 g/mol. The maximum atomic E-state index is 12.6. The van der Waals surface area contributed by atoms with Crippen molar-refractivity contribution in [1.29, 1.82) is 0 Å². The largest absolute Gasteiger partial charge is 0.497 e. The number of hydrogen-bond donors (Lipinski definition) is 1. The van der Waals surface area contributed by atoms with E-state index in [0.717, 1.165) is 0 Å². The molecule has 3 rings (SSSR count). The predicted octanol–water partition coefficient (Wildman–Crippen LogP) is 1.15. The van der Waals surface area contributed by atoms with Crippen LogP contribution in [0.15, 0.2) is 42.6 Å². The van der Waals surface area contributed by atoms with Gasteiger partial charge in [-0.2, -0.15) is 0 Å². The second-order valence-corrected chi connectivity index (χ2v) is 5.75. The third-order valence-electron chi connectivity index (χ3n) is 4.24. The molecule has 2 amide bonds. The van der Waals surface area contributed by atoms with E-state index in [4.69, 9.17) is 10.5 Å². The Bertz CT molecular complexity index is 785. The molecule has 0 spiro atoms. The number of amides is 2. The number of carbonyl (C=O) groups is 2. The fraction of sp³-hybridized carbons (Fsp3) is 0.278. The summed E-state index contributed by atoms with van der Waals surface area (Å²) in [7, 11) is 1.57. The van der Waals surface area contributed by atoms with Crippen molar-refractivity contribution in [3.63, 3.8) is 0 Å². The lowest BCUT2D eigenvalue weighted by Gasteiger charge is -2.36. The van der Waals surface area contributed by atoms with Crippen LogP contribution in [0, 0.1) is 0 Å². The standard InChI is InChI=1S/C18H20N4O3/c1-25-14-5-2-4-13(12-14)18(24)22-10-8-21(9-11-22)17-15(16(19)23)6-3-7-20-17/h2-7,12H,8-11H2,1H3,(H2,19,23). The van der Waals surface area contributed by atoms with Crippen LogP contribution in [0.3, 0.4) is 0 Å². The van der Waals surface area contributed by atoms with Crippen LogP contribution in [-0.4, -0.2) is 55.0 Å². The molecule has 2 heterocycles. The van der Waals surface area contributed by atoms with E-state index in [0.29, 0.717) is 48.9 Å². The highest BCUT2D eigenvalue weighted by molar-refractivity contribution is 5.98. The van der Waals surface area contributed by atoms with Gasteiger partial charge < -0.3 is 20.3 Å². The number of aromatic nitrogens is 1. The second-order valence-electron chi connectivity index (χ2n) is 5.75. The molecule has 1 aromatic heterocycles. The minimum absolute atomic E-state index is 0.0327. The van der Waals surface area contributed by atoms with Crippen LogP contribution in [0.25, 0.3) is 0 Å². The topological polar surface area (TPSA) is 88.8 Å². The average Bonchev–Trinajstić information content (AvgIpc) is 2.67. The summed E-state index contributed by atoms with van der Waals surface area (Å²) < 4.78 is 5.17. The first-order valence-corrected chi connectivity index (χ1v) is 8.03. The molecule has 1 fully saturated rings. The van der Waals surface area contributed by atoms with Crippen molar-refractivity contribution < 1.29 is 14.3 Å². The van der Waals surface area contributed by atoms with E-state index < -0.39 is 5.91 Å². The normalized spacial score (nSPS) is 14.3. The van der Waals surface area contributed by atoms with Gasteiger partial charge in [-0.05, 0) is 30.3 Å². The number of primary amides is 1. The number of ether oxygens (including phenoxy) is 1. The number of carbonyl (C=O) groups excluding carboxylic acids is 2. The maximum Gasteiger partial charge on any atom is 0.254 e. The van der Waals surface area contributed by atoms with Gasteiger partial charge in [-0.3, -0.25) is 9.59 Å². The zero-order valence-electron chi connectivity index (χ0n) is 14.0. The lowest BCUT2D eigenvalue weighted by atomic mass is 10.1. The first kappa shape index (κ1) is 16.8. The molecule has 0 radical (unpaired) electrons. The lowest BCUT2D eigenvalue weighted by molar-refractivity contribution is 0.0745. The second kappa shape index (κ2) is 7.21. The summed E-state index contributed by atoms with van der Waals surface area (Å²) in [5, 5.41) is 0. The van der Waals surface area contributed by atoms with Crippen LogP contribution in [0.5, 0.6) is 5.75 Å². The third-order valence-corrected chi connectivity index (χ3v) is 4.24. The molecule has 25 heavy (non-hydrogen) atoms. The smallest absolute Gasteiger partial charge is 0.254 e. The van der Waals surface area contributed by atoms with Crippen molar-refractivity contribution in [1.82, 2.24) is 9.88 Å². The van der Waals surface area contributed by atoms with Crippen molar-refractivity contribution in [3.05, 3.63) is 53.7 Å². The Hall–Kier alpha value is -3.09. The summed E-state index contributed by atoms with van der Waals surface area (Å²) in [4.78, 5) is 32.3. The van der Waals surface area contributed by atoms with E-state index in [2.05, 4.69) is 4.98 Å². The molecule has 1 aliphatic heterocycles. The maximum absolute atomic E-state index is 12.6. The summed E-state index contributed by atoms with van der Waals surface area (Å²) in [6.07, 6.45) is 1.63. The van der Waals surface area contributed by atoms with Crippen LogP contribution in [0.4, 0.5) is 5.82 Å². The van der Waals surface area contributed by atoms with Crippen LogP contribution < -0.4 is 15.4 Å². The molecule has 7 nitrogen and oxygen atoms in total. The number of hydrogen-bond acceptors (Lipinski definition) is 5. The Kier molecular flexibility index (Phi) is 4.83. The van der Waals surface area contributed by atoms with Gasteiger partial charge in [-0.1, -0.05) is 6.07 Å². The van der Waals surface area contributed by atoms with Gasteiger partial charge in [0.05, 0.1) is 12.7 Å². The third kappa shape index (κ3) is 3.55. The van der Waals surface area contributed by atoms with Gasteiger partial charge in [0.1, 0.15) is 11.6 Å². The molecule has 0 atom stereocenters. The number of methoxy groups -OCH3 is 1. The number of rotatable bonds is 4. The van der Waals surface area contributed by atoms with Crippen molar-refractivity contribution in [2.24, 2.45) is 5.73 Å². The highest BCUT2D eigenvalue weighted by Gasteiger charge is 2.25. The first-order chi connectivity index (χ1) is 12.1. The van der Waals surface area contributed by atoms with E-state index in [1.807, 2.05) is 4.90 Å². The Labute approximate surface area is 146 Å². The summed E-state index contributed by atoms with van der Waals surface area (Å²) in [6.45, 7) is 2.27. The number of nitrogens with zero attached hydrogens (tertiary/aromatic N) is 3. The molecular weight excluding hydrogens is 320 g/mol. The molecule has 2 aromatic rings. The van der Waals surface area contributed by atoms with Gasteiger partial charge >= 0.3 is 0 Å². The van der Waals surface area contributed by atoms with Crippen LogP contribution in [0.2, 0.25) is 0 Å². The van der Waals surface area contributed by atoms with Gasteiger partial charge in [-0.15, -0.1) is 0 Å². The van der Waals surface area contributed by atoms with Crippen molar-refractivity contribution >= 4 is 17.6 Å². The molecule has 7 heteroatoms. The number of benzene rings is 1. The zero-order chi connectivity index (χ0) is 17.8. The lowest BCUT2D eigenvalue weighted by Crippen LogP contribution is -2.49. The summed E-state index contributed by atoms with van der Waals surface area (Å²) >= 11 is 0. The summed E-state index contributed by atoms with van der Waals surface area (Å²) in [6, 6.07) is 10.5. The minimum atomic E-state index is -0.502. The fourth-order valence-corrected chi connectivity index (χ4v) is 2.90. The Morgan fingerprint density at radius 3 is 2.56 bits per heavy atom. The number of pyridine rings is 1. The van der Waals surface area contributed by atoms with E-state index in [1.54, 1.807) is 54.6 Å². The quantitative estimate of drug-likeness (QED) is 0.902. The molecule has 0 aliphatic carbocycles. The highest BCUT2D eigenvalue weighted by atomic mass is 16.5. The van der Waals surface area contributed by atoms with Gasteiger partial charge in [0.15, 0.2) is 0 Å². The van der Waals surface area contributed by atoms with Crippen molar-refractivity contribution in [2.45, 2.75) is 0 Å². The number of piperazine rings is 1. The molecule has 1 aliphatic rings. The molecule has 1 saturated heterocycles. The van der Waals surface area contributed by atoms with E-state index >= 15 is 0 Å². The monoisotopic (exact) mass is 340 g/mol. The first-order valence-electron chi connectivity index (χ1n) is 8.03. The Morgan fingerprint density at radius 1 is 1.12 bits per heavy atom. The van der Waals surface area contributed by atoms with E-state index in [1.165, 1.54) is 0 Å². The molecular formula is C18H20N4O3. The zero-order valence-corrected chi connectivity index (χ0v) is 14.0. The van der Waals surface area contributed by atoms with Gasteiger partial charge in [0.2, 0.25) is 0 Å². The summed E-state index contributed by atoms with van der Waals surface area (Å²) in [5.41, 5.74) is 6.42. The molecule has 1 aromatic carbocycles. The Balaban J connectivity index is 1.70. The van der Waals surface area contributed by atoms with E-state index in [9.17, 15) is 9.59 Å². The highest BCUT2D eigenvalue weighted by Crippen LogP contribution is 2.20. The minimum Gasteiger partial charge on any atom is -0.497 e. The van der Waals surface area contributed by atoms with E-state index in [-0.39, 0.29) is 5.91 Å². The van der Waals surface area contributed by atoms with Gasteiger partial charge in [-0.25, -0.2) is 4.98 Å². The number of nitrogens with two attached hydrogens (primary N) is 1. The van der Waals surface area contributed by atoms with Crippen LogP contribution in [-0.2, 0) is 0 Å². The SMILES string of the molecule is COc1cccc(C(=O)N2CCN(c3ncccc3C(N)=O)CC2)c1. The molecule has 0 unspecified atom stereocenters. The molecule has 130 valence electrons. The molecule has 0 bridgehead atoms. The number of anilines is 1. The van der Waals surface area contributed by atoms with Gasteiger partial charge in [0, 0.05) is 37.9 Å². The van der Waals surface area contributed by atoms with Crippen LogP contribution in [0.1, 0.15) is 20.7 Å². The fourth-order valence-electron chi connectivity index (χ4n) is 2.90. The summed E-state index contributed by atoms with van der Waals surface area (Å²) in [5.74, 6) is 0.695. The van der Waals surface area contributed by atoms with Crippen molar-refractivity contribution in [3.8, 4) is 5.75 Å². The Morgan fingerprint density at radius 2 is 1.88 bits per heavy atom. The predicted molar refractivity (Wildman–Crippen MR) is 93.9 cm³/mol. The molecule has 0 saturated carbocycles. The van der Waals surface area contributed by atoms with Crippen molar-refractivity contribution in [2.75, 3.05) is 38.2 Å². The molecule has 2 N–H and O–H groups in total.